The van der Waals surface area contributed by atoms with E-state index in [1.807, 2.05) is 78.4 Å². The molecule has 0 saturated carbocycles. The number of carbonyl (C=O) groups excluding carboxylic acids is 1. The summed E-state index contributed by atoms with van der Waals surface area (Å²) < 4.78 is 7.80. The zero-order valence-electron chi connectivity index (χ0n) is 15.8. The van der Waals surface area contributed by atoms with Crippen LogP contribution in [0.15, 0.2) is 72.8 Å². The lowest BCUT2D eigenvalue weighted by Gasteiger charge is -2.18. The van der Waals surface area contributed by atoms with E-state index in [-0.39, 0.29) is 11.5 Å². The Morgan fingerprint density at radius 2 is 1.71 bits per heavy atom. The summed E-state index contributed by atoms with van der Waals surface area (Å²) in [5.74, 6) is 0.448. The molecule has 0 aromatic heterocycles. The van der Waals surface area contributed by atoms with Crippen molar-refractivity contribution in [3.63, 3.8) is 0 Å². The largest absolute Gasteiger partial charge is 0.504 e. The molecule has 0 fully saturated rings. The van der Waals surface area contributed by atoms with Crippen molar-refractivity contribution in [2.75, 3.05) is 13.6 Å². The van der Waals surface area contributed by atoms with Crippen LogP contribution in [0.4, 0.5) is 0 Å². The summed E-state index contributed by atoms with van der Waals surface area (Å²) in [5.41, 5.74) is 4.06. The monoisotopic (exact) mass is 372 g/mol. The van der Waals surface area contributed by atoms with Crippen LogP contribution in [0.3, 0.4) is 0 Å². The molecule has 4 heteroatoms. The van der Waals surface area contributed by atoms with E-state index in [2.05, 4.69) is 0 Å². The zero-order valence-corrected chi connectivity index (χ0v) is 15.8. The van der Waals surface area contributed by atoms with E-state index in [0.29, 0.717) is 23.6 Å². The van der Waals surface area contributed by atoms with Crippen LogP contribution >= 0.6 is 0 Å². The Labute approximate surface area is 164 Å². The molecule has 0 saturated heterocycles. The molecule has 4 nitrogen and oxygen atoms in total. The number of Topliss-reactive ketones (excluding diaryl/α,β-unsaturated/α-hetero) is 1. The average molecular weight is 372 g/mol. The topological polar surface area (TPSA) is 49.5 Å². The summed E-state index contributed by atoms with van der Waals surface area (Å²) in [5, 5.41) is 10.5. The summed E-state index contributed by atoms with van der Waals surface area (Å²) >= 11 is 0. The molecule has 4 rings (SSSR count). The van der Waals surface area contributed by atoms with Crippen LogP contribution in [0.5, 0.6) is 11.5 Å². The molecule has 140 valence electrons. The maximum Gasteiger partial charge on any atom is 0.256 e. The van der Waals surface area contributed by atoms with Crippen LogP contribution < -0.4 is 4.74 Å². The number of phenolic OH excluding ortho intramolecular Hbond substituents is 1. The Bertz CT molecular complexity index is 1040. The molecule has 1 aliphatic rings. The van der Waals surface area contributed by atoms with Crippen LogP contribution in [-0.2, 0) is 13.0 Å². The summed E-state index contributed by atoms with van der Waals surface area (Å²) in [6, 6.07) is 22.6. The fourth-order valence-corrected chi connectivity index (χ4v) is 3.52. The first-order valence-electron chi connectivity index (χ1n) is 9.34. The molecule has 0 radical (unpaired) electrons. The summed E-state index contributed by atoms with van der Waals surface area (Å²) in [6.07, 6.45) is 0.791. The first-order valence-corrected chi connectivity index (χ1v) is 9.34. The minimum Gasteiger partial charge on any atom is -0.504 e. The van der Waals surface area contributed by atoms with Gasteiger partial charge in [0, 0.05) is 12.0 Å². The third-order valence-electron chi connectivity index (χ3n) is 5.03. The van der Waals surface area contributed by atoms with E-state index in [1.54, 1.807) is 6.07 Å². The molecule has 0 unspecified atom stereocenters. The van der Waals surface area contributed by atoms with Gasteiger partial charge < -0.3 is 9.84 Å². The van der Waals surface area contributed by atoms with Crippen molar-refractivity contribution >= 4 is 11.5 Å². The highest BCUT2D eigenvalue weighted by Gasteiger charge is 2.31. The van der Waals surface area contributed by atoms with Crippen molar-refractivity contribution < 1.29 is 19.2 Å². The number of likely N-dealkylation sites (N-methyl/N-ethyl adjacent to an activating group) is 1. The van der Waals surface area contributed by atoms with Gasteiger partial charge in [-0.25, -0.2) is 4.58 Å². The second-order valence-electron chi connectivity index (χ2n) is 6.97. The maximum atomic E-state index is 13.1. The Hall–Kier alpha value is -3.40. The highest BCUT2D eigenvalue weighted by molar-refractivity contribution is 6.50. The van der Waals surface area contributed by atoms with Crippen molar-refractivity contribution in [1.82, 2.24) is 0 Å². The van der Waals surface area contributed by atoms with Crippen LogP contribution in [0, 0.1) is 0 Å². The first-order chi connectivity index (χ1) is 13.6. The van der Waals surface area contributed by atoms with Crippen molar-refractivity contribution in [3.8, 4) is 11.5 Å². The average Bonchev–Trinajstić information content (AvgIpc) is 2.73. The van der Waals surface area contributed by atoms with Crippen LogP contribution in [0.1, 0.15) is 27.0 Å². The highest BCUT2D eigenvalue weighted by Crippen LogP contribution is 2.33. The highest BCUT2D eigenvalue weighted by atomic mass is 16.5. The zero-order chi connectivity index (χ0) is 19.5. The minimum atomic E-state index is -0.0404. The predicted molar refractivity (Wildman–Crippen MR) is 109 cm³/mol. The molecular weight excluding hydrogens is 350 g/mol. The molecule has 1 N–H and O–H groups in total. The summed E-state index contributed by atoms with van der Waals surface area (Å²) in [6.45, 7) is 1.12. The number of aromatic hydroxyl groups is 1. The number of rotatable bonds is 5. The number of carbonyl (C=O) groups is 1. The number of phenols is 1. The van der Waals surface area contributed by atoms with E-state index in [1.165, 1.54) is 0 Å². The van der Waals surface area contributed by atoms with Gasteiger partial charge in [0.15, 0.2) is 11.5 Å². The number of ether oxygens (including phenoxy) is 1. The van der Waals surface area contributed by atoms with Crippen LogP contribution in [-0.4, -0.2) is 34.8 Å². The van der Waals surface area contributed by atoms with E-state index in [4.69, 9.17) is 4.74 Å². The molecule has 0 atom stereocenters. The van der Waals surface area contributed by atoms with Gasteiger partial charge >= 0.3 is 0 Å². The Morgan fingerprint density at radius 1 is 1.04 bits per heavy atom. The first kappa shape index (κ1) is 18.0. The summed E-state index contributed by atoms with van der Waals surface area (Å²) in [4.78, 5) is 13.1. The molecule has 3 aromatic rings. The second kappa shape index (κ2) is 7.69. The normalized spacial score (nSPS) is 13.2. The Kier molecular flexibility index (Phi) is 4.94. The standard InChI is InChI=1S/C24H21NO3/c1-25-13-12-19-14-22(28-16-17-8-4-2-5-9-17)21(26)15-20(19)23(25)24(27)18-10-6-3-7-11-18/h2-11,14-15H,12-13,16H2,1H3/p+1. The number of hydrogen-bond acceptors (Lipinski definition) is 3. The molecular formula is C24H22NO3+. The van der Waals surface area contributed by atoms with Gasteiger partial charge in [-0.2, -0.15) is 0 Å². The van der Waals surface area contributed by atoms with E-state index in [0.717, 1.165) is 29.7 Å². The van der Waals surface area contributed by atoms with Crippen molar-refractivity contribution in [2.24, 2.45) is 0 Å². The maximum absolute atomic E-state index is 13.1. The third-order valence-corrected chi connectivity index (χ3v) is 5.03. The molecule has 0 spiro atoms. The van der Waals surface area contributed by atoms with Gasteiger partial charge in [0.1, 0.15) is 20.2 Å². The molecule has 3 aromatic carbocycles. The van der Waals surface area contributed by atoms with Gasteiger partial charge in [0.2, 0.25) is 0 Å². The van der Waals surface area contributed by atoms with Crippen LogP contribution in [0.2, 0.25) is 0 Å². The van der Waals surface area contributed by atoms with Gasteiger partial charge in [0.25, 0.3) is 11.5 Å². The fourth-order valence-electron chi connectivity index (χ4n) is 3.52. The number of hydrogen-bond donors (Lipinski definition) is 1. The van der Waals surface area contributed by atoms with Crippen molar-refractivity contribution in [3.05, 3.63) is 95.1 Å². The van der Waals surface area contributed by atoms with E-state index >= 15 is 0 Å². The van der Waals surface area contributed by atoms with Gasteiger partial charge in [-0.15, -0.1) is 0 Å². The SMILES string of the molecule is C[N+]1=C(C(=O)c2ccccc2)c2cc(O)c(OCc3ccccc3)cc2CC1. The number of benzene rings is 3. The molecule has 0 bridgehead atoms. The lowest BCUT2D eigenvalue weighted by atomic mass is 9.91. The number of fused-ring (bicyclic) bond motifs is 1. The van der Waals surface area contributed by atoms with Gasteiger partial charge in [-0.1, -0.05) is 60.7 Å². The van der Waals surface area contributed by atoms with Crippen molar-refractivity contribution in [2.45, 2.75) is 13.0 Å². The summed E-state index contributed by atoms with van der Waals surface area (Å²) in [7, 11) is 1.91. The smallest absolute Gasteiger partial charge is 0.256 e. The lowest BCUT2D eigenvalue weighted by molar-refractivity contribution is -0.496. The second-order valence-corrected chi connectivity index (χ2v) is 6.97. The molecule has 28 heavy (non-hydrogen) atoms. The molecule has 0 amide bonds. The van der Waals surface area contributed by atoms with Crippen molar-refractivity contribution in [1.29, 1.82) is 0 Å². The quantitative estimate of drug-likeness (QED) is 0.547. The molecule has 1 heterocycles. The Morgan fingerprint density at radius 3 is 2.43 bits per heavy atom. The van der Waals surface area contributed by atoms with Gasteiger partial charge in [-0.05, 0) is 23.3 Å². The van der Waals surface area contributed by atoms with E-state index < -0.39 is 0 Å². The van der Waals surface area contributed by atoms with Gasteiger partial charge in [-0.3, -0.25) is 4.79 Å². The fraction of sp³-hybridized carbons (Fsp3) is 0.167. The van der Waals surface area contributed by atoms with Gasteiger partial charge in [0.05, 0.1) is 5.56 Å². The number of nitrogens with zero attached hydrogens (tertiary/aromatic N) is 1. The third kappa shape index (κ3) is 3.54. The van der Waals surface area contributed by atoms with Crippen LogP contribution in [0.25, 0.3) is 0 Å². The lowest BCUT2D eigenvalue weighted by Crippen LogP contribution is -2.33. The minimum absolute atomic E-state index is 0.0404. The predicted octanol–water partition coefficient (Wildman–Crippen LogP) is 3.84. The van der Waals surface area contributed by atoms with E-state index in [9.17, 15) is 9.90 Å². The number of ketones is 1. The molecule has 0 aliphatic carbocycles. The molecule has 1 aliphatic heterocycles. The Balaban J connectivity index is 1.65.